The largest absolute Gasteiger partial charge is 0.488 e. The van der Waals surface area contributed by atoms with Crippen molar-refractivity contribution in [3.63, 3.8) is 0 Å². The fourth-order valence-electron chi connectivity index (χ4n) is 3.93. The molecule has 1 heterocycles. The number of benzene rings is 1. The Morgan fingerprint density at radius 3 is 2.39 bits per heavy atom. The van der Waals surface area contributed by atoms with Crippen molar-refractivity contribution in [3.8, 4) is 5.75 Å². The van der Waals surface area contributed by atoms with Crippen LogP contribution in [0.1, 0.15) is 52.4 Å². The lowest BCUT2D eigenvalue weighted by Gasteiger charge is -2.32. The molecule has 0 radical (unpaired) electrons. The predicted octanol–water partition coefficient (Wildman–Crippen LogP) is 2.75. The van der Waals surface area contributed by atoms with Crippen LogP contribution in [0.4, 0.5) is 0 Å². The van der Waals surface area contributed by atoms with E-state index >= 15 is 0 Å². The topological polar surface area (TPSA) is 70.7 Å². The maximum atomic E-state index is 12.6. The van der Waals surface area contributed by atoms with Crippen LogP contribution in [0.5, 0.6) is 5.75 Å². The standard InChI is InChI=1S/C21H35N3O3S/c1-21(2,12-15-24-16-13-22-14-17-24)27-19-8-10-20(11-9-19)28(25,26)23-18-6-4-3-5-7-18/h8-11,18,22-23H,3-7,12-17H2,1-2H3. The van der Waals surface area contributed by atoms with Crippen molar-refractivity contribution < 1.29 is 13.2 Å². The molecule has 0 bridgehead atoms. The minimum Gasteiger partial charge on any atom is -0.488 e. The number of piperazine rings is 1. The summed E-state index contributed by atoms with van der Waals surface area (Å²) in [5.74, 6) is 0.710. The highest BCUT2D eigenvalue weighted by Gasteiger charge is 2.24. The SMILES string of the molecule is CC(C)(CCN1CCNCC1)Oc1ccc(S(=O)(=O)NC2CCCCC2)cc1. The van der Waals surface area contributed by atoms with E-state index in [0.717, 1.165) is 64.8 Å². The van der Waals surface area contributed by atoms with Gasteiger partial charge >= 0.3 is 0 Å². The van der Waals surface area contributed by atoms with Crippen LogP contribution in [-0.4, -0.2) is 57.7 Å². The average Bonchev–Trinajstić information content (AvgIpc) is 2.68. The number of hydrogen-bond acceptors (Lipinski definition) is 5. The molecule has 0 atom stereocenters. The van der Waals surface area contributed by atoms with Crippen molar-refractivity contribution in [3.05, 3.63) is 24.3 Å². The summed E-state index contributed by atoms with van der Waals surface area (Å²) in [7, 11) is -3.46. The van der Waals surface area contributed by atoms with Crippen molar-refractivity contribution in [2.75, 3.05) is 32.7 Å². The maximum Gasteiger partial charge on any atom is 0.240 e. The predicted molar refractivity (Wildman–Crippen MR) is 112 cm³/mol. The molecule has 6 nitrogen and oxygen atoms in total. The van der Waals surface area contributed by atoms with E-state index in [9.17, 15) is 8.42 Å². The van der Waals surface area contributed by atoms with Crippen LogP contribution in [0.2, 0.25) is 0 Å². The van der Waals surface area contributed by atoms with Crippen molar-refractivity contribution in [2.24, 2.45) is 0 Å². The van der Waals surface area contributed by atoms with E-state index in [1.165, 1.54) is 6.42 Å². The molecule has 158 valence electrons. The highest BCUT2D eigenvalue weighted by molar-refractivity contribution is 7.89. The van der Waals surface area contributed by atoms with Crippen LogP contribution in [-0.2, 0) is 10.0 Å². The maximum absolute atomic E-state index is 12.6. The van der Waals surface area contributed by atoms with Gasteiger partial charge in [-0.1, -0.05) is 19.3 Å². The van der Waals surface area contributed by atoms with E-state index in [0.29, 0.717) is 10.6 Å². The van der Waals surface area contributed by atoms with Gasteiger partial charge in [0.05, 0.1) is 4.90 Å². The number of nitrogens with zero attached hydrogens (tertiary/aromatic N) is 1. The zero-order valence-corrected chi connectivity index (χ0v) is 18.1. The molecular formula is C21H35N3O3S. The molecule has 3 rings (SSSR count). The van der Waals surface area contributed by atoms with Crippen LogP contribution >= 0.6 is 0 Å². The molecule has 2 aliphatic rings. The number of sulfonamides is 1. The first-order chi connectivity index (χ1) is 13.3. The molecule has 0 aromatic heterocycles. The van der Waals surface area contributed by atoms with Crippen LogP contribution < -0.4 is 14.8 Å². The summed E-state index contributed by atoms with van der Waals surface area (Å²) in [6, 6.07) is 6.89. The first-order valence-electron chi connectivity index (χ1n) is 10.6. The second kappa shape index (κ2) is 9.57. The summed E-state index contributed by atoms with van der Waals surface area (Å²) in [5.41, 5.74) is -0.300. The minimum absolute atomic E-state index is 0.0681. The Hall–Kier alpha value is -1.15. The monoisotopic (exact) mass is 409 g/mol. The van der Waals surface area contributed by atoms with E-state index in [2.05, 4.69) is 28.8 Å². The molecule has 0 unspecified atom stereocenters. The molecular weight excluding hydrogens is 374 g/mol. The molecule has 2 N–H and O–H groups in total. The van der Waals surface area contributed by atoms with Gasteiger partial charge in [0.1, 0.15) is 11.4 Å². The van der Waals surface area contributed by atoms with Gasteiger partial charge in [-0.25, -0.2) is 13.1 Å². The zero-order chi connectivity index (χ0) is 20.0. The van der Waals surface area contributed by atoms with Gasteiger partial charge in [0, 0.05) is 38.8 Å². The summed E-state index contributed by atoms with van der Waals surface area (Å²) in [6.07, 6.45) is 6.19. The van der Waals surface area contributed by atoms with Gasteiger partial charge in [-0.3, -0.25) is 0 Å². The van der Waals surface area contributed by atoms with Crippen molar-refractivity contribution in [2.45, 2.75) is 68.9 Å². The van der Waals surface area contributed by atoms with Crippen LogP contribution in [0, 0.1) is 0 Å². The summed E-state index contributed by atoms with van der Waals surface area (Å²) >= 11 is 0. The second-order valence-corrected chi connectivity index (χ2v) is 10.3. The molecule has 28 heavy (non-hydrogen) atoms. The summed E-state index contributed by atoms with van der Waals surface area (Å²) in [4.78, 5) is 2.76. The summed E-state index contributed by atoms with van der Waals surface area (Å²) < 4.78 is 34.2. The molecule has 0 spiro atoms. The van der Waals surface area contributed by atoms with Gasteiger partial charge in [0.15, 0.2) is 0 Å². The smallest absolute Gasteiger partial charge is 0.240 e. The van der Waals surface area contributed by atoms with E-state index in [-0.39, 0.29) is 11.6 Å². The number of rotatable bonds is 8. The first kappa shape index (κ1) is 21.6. The summed E-state index contributed by atoms with van der Waals surface area (Å²) in [6.45, 7) is 9.44. The zero-order valence-electron chi connectivity index (χ0n) is 17.2. The molecule has 1 aromatic carbocycles. The molecule has 1 aliphatic heterocycles. The van der Waals surface area contributed by atoms with Gasteiger partial charge in [0.25, 0.3) is 0 Å². The normalized spacial score (nSPS) is 20.2. The molecule has 1 saturated heterocycles. The number of nitrogens with one attached hydrogen (secondary N) is 2. The Bertz CT molecular complexity index is 707. The van der Waals surface area contributed by atoms with Gasteiger partial charge in [-0.2, -0.15) is 0 Å². The van der Waals surface area contributed by atoms with Crippen LogP contribution in [0.15, 0.2) is 29.2 Å². The third-order valence-electron chi connectivity index (χ3n) is 5.69. The average molecular weight is 410 g/mol. The van der Waals surface area contributed by atoms with Crippen LogP contribution in [0.3, 0.4) is 0 Å². The lowest BCUT2D eigenvalue weighted by molar-refractivity contribution is 0.0808. The molecule has 1 saturated carbocycles. The summed E-state index contributed by atoms with van der Waals surface area (Å²) in [5, 5.41) is 3.37. The van der Waals surface area contributed by atoms with Gasteiger partial charge in [-0.05, 0) is 57.4 Å². The third kappa shape index (κ3) is 6.44. The molecule has 1 aliphatic carbocycles. The second-order valence-electron chi connectivity index (χ2n) is 8.63. The highest BCUT2D eigenvalue weighted by Crippen LogP contribution is 2.24. The van der Waals surface area contributed by atoms with Gasteiger partial charge in [0.2, 0.25) is 10.0 Å². The molecule has 2 fully saturated rings. The van der Waals surface area contributed by atoms with Crippen molar-refractivity contribution in [1.82, 2.24) is 14.9 Å². The van der Waals surface area contributed by atoms with Gasteiger partial charge in [-0.15, -0.1) is 0 Å². The van der Waals surface area contributed by atoms with E-state index in [1.807, 2.05) is 0 Å². The van der Waals surface area contributed by atoms with E-state index in [4.69, 9.17) is 4.74 Å². The highest BCUT2D eigenvalue weighted by atomic mass is 32.2. The minimum atomic E-state index is -3.46. The Kier molecular flexibility index (Phi) is 7.36. The third-order valence-corrected chi connectivity index (χ3v) is 7.23. The Balaban J connectivity index is 1.53. The Morgan fingerprint density at radius 2 is 1.75 bits per heavy atom. The molecule has 1 aromatic rings. The van der Waals surface area contributed by atoms with Crippen LogP contribution in [0.25, 0.3) is 0 Å². The molecule has 0 amide bonds. The number of hydrogen-bond donors (Lipinski definition) is 2. The van der Waals surface area contributed by atoms with Crippen molar-refractivity contribution in [1.29, 1.82) is 0 Å². The Labute approximate surface area is 170 Å². The first-order valence-corrected chi connectivity index (χ1v) is 12.1. The number of ether oxygens (including phenoxy) is 1. The van der Waals surface area contributed by atoms with E-state index in [1.54, 1.807) is 24.3 Å². The van der Waals surface area contributed by atoms with Crippen molar-refractivity contribution >= 4 is 10.0 Å². The van der Waals surface area contributed by atoms with E-state index < -0.39 is 10.0 Å². The lowest BCUT2D eigenvalue weighted by atomic mass is 9.96. The lowest BCUT2D eigenvalue weighted by Crippen LogP contribution is -2.45. The Morgan fingerprint density at radius 1 is 1.11 bits per heavy atom. The molecule has 7 heteroatoms. The fourth-order valence-corrected chi connectivity index (χ4v) is 5.23. The van der Waals surface area contributed by atoms with Gasteiger partial charge < -0.3 is 15.0 Å². The quantitative estimate of drug-likeness (QED) is 0.691. The fraction of sp³-hybridized carbons (Fsp3) is 0.714.